The van der Waals surface area contributed by atoms with Crippen molar-refractivity contribution < 1.29 is 13.2 Å². The summed E-state index contributed by atoms with van der Waals surface area (Å²) < 4.78 is 32.7. The molecule has 2 N–H and O–H groups in total. The van der Waals surface area contributed by atoms with Gasteiger partial charge < -0.3 is 10.1 Å². The third-order valence-corrected chi connectivity index (χ3v) is 4.84. The number of rotatable bonds is 10. The number of hydrogen-bond acceptors (Lipinski definition) is 4. The van der Waals surface area contributed by atoms with Crippen molar-refractivity contribution in [2.24, 2.45) is 0 Å². The highest BCUT2D eigenvalue weighted by molar-refractivity contribution is 7.89. The second kappa shape index (κ2) is 9.02. The minimum absolute atomic E-state index is 0.343. The van der Waals surface area contributed by atoms with Crippen LogP contribution < -0.4 is 14.8 Å². The van der Waals surface area contributed by atoms with E-state index in [0.29, 0.717) is 30.2 Å². The Hall–Kier alpha value is -1.11. The van der Waals surface area contributed by atoms with Gasteiger partial charge in [0.1, 0.15) is 5.75 Å². The lowest BCUT2D eigenvalue weighted by molar-refractivity contribution is 0.413. The molecule has 0 spiro atoms. The van der Waals surface area contributed by atoms with E-state index >= 15 is 0 Å². The first-order chi connectivity index (χ1) is 10.0. The molecule has 6 heteroatoms. The number of hydrogen-bond donors (Lipinski definition) is 2. The molecule has 1 aromatic carbocycles. The van der Waals surface area contributed by atoms with Crippen LogP contribution >= 0.6 is 0 Å². The van der Waals surface area contributed by atoms with Gasteiger partial charge in [-0.2, -0.15) is 0 Å². The van der Waals surface area contributed by atoms with Crippen molar-refractivity contribution in [2.45, 2.75) is 37.5 Å². The molecule has 0 bridgehead atoms. The Morgan fingerprint density at radius 3 is 2.57 bits per heavy atom. The molecule has 0 atom stereocenters. The van der Waals surface area contributed by atoms with Crippen molar-refractivity contribution in [3.05, 3.63) is 23.8 Å². The predicted octanol–water partition coefficient (Wildman–Crippen LogP) is 1.93. The van der Waals surface area contributed by atoms with Crippen molar-refractivity contribution >= 4 is 10.0 Å². The number of benzene rings is 1. The second-order valence-electron chi connectivity index (χ2n) is 4.93. The Bertz CT molecular complexity index is 530. The van der Waals surface area contributed by atoms with E-state index < -0.39 is 10.0 Å². The van der Waals surface area contributed by atoms with Gasteiger partial charge in [0.05, 0.1) is 12.0 Å². The lowest BCUT2D eigenvalue weighted by atomic mass is 10.1. The van der Waals surface area contributed by atoms with Crippen LogP contribution in [0.2, 0.25) is 0 Å². The van der Waals surface area contributed by atoms with E-state index in [9.17, 15) is 8.42 Å². The van der Waals surface area contributed by atoms with Crippen LogP contribution in [0.15, 0.2) is 23.1 Å². The van der Waals surface area contributed by atoms with Gasteiger partial charge in [0.15, 0.2) is 0 Å². The summed E-state index contributed by atoms with van der Waals surface area (Å²) in [5, 5.41) is 3.04. The van der Waals surface area contributed by atoms with E-state index in [1.165, 1.54) is 0 Å². The van der Waals surface area contributed by atoms with Gasteiger partial charge in [-0.3, -0.25) is 0 Å². The van der Waals surface area contributed by atoms with Gasteiger partial charge in [-0.05, 0) is 50.2 Å². The average Bonchev–Trinajstić information content (AvgIpc) is 2.49. The Kier molecular flexibility index (Phi) is 7.71. The molecule has 120 valence electrons. The van der Waals surface area contributed by atoms with Gasteiger partial charge >= 0.3 is 0 Å². The first-order valence-corrected chi connectivity index (χ1v) is 8.84. The van der Waals surface area contributed by atoms with Gasteiger partial charge in [0, 0.05) is 6.54 Å². The Balaban J connectivity index is 2.92. The van der Waals surface area contributed by atoms with Crippen molar-refractivity contribution in [1.82, 2.24) is 10.0 Å². The molecule has 21 heavy (non-hydrogen) atoms. The maximum Gasteiger partial charge on any atom is 0.240 e. The molecular weight excluding hydrogens is 288 g/mol. The van der Waals surface area contributed by atoms with Gasteiger partial charge in [-0.15, -0.1) is 0 Å². The number of methoxy groups -OCH3 is 1. The van der Waals surface area contributed by atoms with E-state index in [1.807, 2.05) is 7.05 Å². The summed E-state index contributed by atoms with van der Waals surface area (Å²) >= 11 is 0. The van der Waals surface area contributed by atoms with E-state index in [1.54, 1.807) is 25.3 Å². The molecule has 1 rings (SSSR count). The van der Waals surface area contributed by atoms with Crippen LogP contribution in [0.3, 0.4) is 0 Å². The molecule has 0 fully saturated rings. The highest BCUT2D eigenvalue weighted by atomic mass is 32.2. The number of ether oxygens (including phenoxy) is 1. The summed E-state index contributed by atoms with van der Waals surface area (Å²) in [6.07, 6.45) is 3.59. The molecule has 0 aliphatic rings. The molecule has 0 aliphatic carbocycles. The molecule has 0 unspecified atom stereocenters. The van der Waals surface area contributed by atoms with Crippen molar-refractivity contribution in [1.29, 1.82) is 0 Å². The Labute approximate surface area is 128 Å². The average molecular weight is 314 g/mol. The maximum absolute atomic E-state index is 12.4. The van der Waals surface area contributed by atoms with Crippen LogP contribution in [0.5, 0.6) is 5.75 Å². The number of unbranched alkanes of at least 4 members (excludes halogenated alkanes) is 2. The van der Waals surface area contributed by atoms with Crippen molar-refractivity contribution in [3.8, 4) is 5.75 Å². The summed E-state index contributed by atoms with van der Waals surface area (Å²) in [4.78, 5) is 0.343. The minimum Gasteiger partial charge on any atom is -0.497 e. The monoisotopic (exact) mass is 314 g/mol. The first kappa shape index (κ1) is 17.9. The Morgan fingerprint density at radius 1 is 1.19 bits per heavy atom. The van der Waals surface area contributed by atoms with Gasteiger partial charge in [0.2, 0.25) is 10.0 Å². The highest BCUT2D eigenvalue weighted by Crippen LogP contribution is 2.22. The lowest BCUT2D eigenvalue weighted by Gasteiger charge is -2.13. The SMILES string of the molecule is CCCCCNS(=O)(=O)c1ccc(OC)cc1CCNC. The van der Waals surface area contributed by atoms with Crippen LogP contribution in [-0.4, -0.2) is 35.7 Å². The number of nitrogens with one attached hydrogen (secondary N) is 2. The molecular formula is C15H26N2O3S. The molecule has 0 heterocycles. The maximum atomic E-state index is 12.4. The fourth-order valence-corrected chi connectivity index (χ4v) is 3.38. The van der Waals surface area contributed by atoms with E-state index in [0.717, 1.165) is 24.8 Å². The molecule has 5 nitrogen and oxygen atoms in total. The summed E-state index contributed by atoms with van der Waals surface area (Å²) in [6, 6.07) is 5.09. The van der Waals surface area contributed by atoms with Crippen LogP contribution in [0.1, 0.15) is 31.7 Å². The van der Waals surface area contributed by atoms with Crippen LogP contribution in [0.25, 0.3) is 0 Å². The zero-order valence-corrected chi connectivity index (χ0v) is 13.9. The first-order valence-electron chi connectivity index (χ1n) is 7.36. The van der Waals surface area contributed by atoms with E-state index in [4.69, 9.17) is 4.74 Å². The Morgan fingerprint density at radius 2 is 1.95 bits per heavy atom. The standard InChI is InChI=1S/C15H26N2O3S/c1-4-5-6-10-17-21(18,19)15-8-7-14(20-3)12-13(15)9-11-16-2/h7-8,12,16-17H,4-6,9-11H2,1-3H3. The molecule has 0 aromatic heterocycles. The largest absolute Gasteiger partial charge is 0.497 e. The predicted molar refractivity (Wildman–Crippen MR) is 85.3 cm³/mol. The van der Waals surface area contributed by atoms with Crippen LogP contribution in [0.4, 0.5) is 0 Å². The fraction of sp³-hybridized carbons (Fsp3) is 0.600. The minimum atomic E-state index is -3.46. The quantitative estimate of drug-likeness (QED) is 0.648. The molecule has 0 radical (unpaired) electrons. The third kappa shape index (κ3) is 5.65. The van der Waals surface area contributed by atoms with Gasteiger partial charge in [-0.1, -0.05) is 19.8 Å². The van der Waals surface area contributed by atoms with E-state index in [2.05, 4.69) is 17.0 Å². The summed E-state index contributed by atoms with van der Waals surface area (Å²) in [5.74, 6) is 0.672. The molecule has 1 aromatic rings. The van der Waals surface area contributed by atoms with Crippen molar-refractivity contribution in [2.75, 3.05) is 27.2 Å². The molecule has 0 amide bonds. The summed E-state index contributed by atoms with van der Waals surface area (Å²) in [7, 11) is -0.0378. The topological polar surface area (TPSA) is 67.4 Å². The summed E-state index contributed by atoms with van der Waals surface area (Å²) in [6.45, 7) is 3.28. The number of sulfonamides is 1. The van der Waals surface area contributed by atoms with Gasteiger partial charge in [0.25, 0.3) is 0 Å². The molecule has 0 saturated carbocycles. The number of likely N-dealkylation sites (N-methyl/N-ethyl adjacent to an activating group) is 1. The zero-order valence-electron chi connectivity index (χ0n) is 13.1. The third-order valence-electron chi connectivity index (χ3n) is 3.27. The summed E-state index contributed by atoms with van der Waals surface area (Å²) in [5.41, 5.74) is 0.770. The smallest absolute Gasteiger partial charge is 0.240 e. The normalized spacial score (nSPS) is 11.6. The van der Waals surface area contributed by atoms with Crippen molar-refractivity contribution in [3.63, 3.8) is 0 Å². The van der Waals surface area contributed by atoms with Crippen LogP contribution in [0, 0.1) is 0 Å². The zero-order chi connectivity index (χ0) is 15.7. The molecule has 0 aliphatic heterocycles. The van der Waals surface area contributed by atoms with E-state index in [-0.39, 0.29) is 0 Å². The lowest BCUT2D eigenvalue weighted by Crippen LogP contribution is -2.26. The van der Waals surface area contributed by atoms with Crippen LogP contribution in [-0.2, 0) is 16.4 Å². The molecule has 0 saturated heterocycles. The highest BCUT2D eigenvalue weighted by Gasteiger charge is 2.18. The second-order valence-corrected chi connectivity index (χ2v) is 6.67. The fourth-order valence-electron chi connectivity index (χ4n) is 2.06. The van der Waals surface area contributed by atoms with Gasteiger partial charge in [-0.25, -0.2) is 13.1 Å².